The predicted octanol–water partition coefficient (Wildman–Crippen LogP) is 2.29. The lowest BCUT2D eigenvalue weighted by molar-refractivity contribution is 0.147. The van der Waals surface area contributed by atoms with Gasteiger partial charge in [-0.05, 0) is 29.8 Å². The minimum Gasteiger partial charge on any atom is -0.467 e. The van der Waals surface area contributed by atoms with Crippen molar-refractivity contribution in [1.82, 2.24) is 15.1 Å². The Morgan fingerprint density at radius 2 is 2.10 bits per heavy atom. The van der Waals surface area contributed by atoms with Crippen molar-refractivity contribution in [3.8, 4) is 5.69 Å². The number of nitrogens with one attached hydrogen (secondary N) is 1. The van der Waals surface area contributed by atoms with Crippen LogP contribution in [0.3, 0.4) is 0 Å². The molecule has 2 heterocycles. The number of benzene rings is 1. The van der Waals surface area contributed by atoms with Crippen molar-refractivity contribution in [2.45, 2.75) is 12.6 Å². The van der Waals surface area contributed by atoms with E-state index in [0.29, 0.717) is 18.8 Å². The number of aliphatic hydroxyl groups is 1. The number of aromatic nitrogens is 2. The summed E-state index contributed by atoms with van der Waals surface area (Å²) in [6.45, 7) is 1.08. The number of aliphatic hydroxyl groups excluding tert-OH is 1. The number of rotatable bonds is 6. The van der Waals surface area contributed by atoms with E-state index >= 15 is 0 Å². The SMILES string of the molecule is OC(CNCc1ccccc1-n1cccn1)c1ccco1. The van der Waals surface area contributed by atoms with E-state index in [-0.39, 0.29) is 0 Å². The molecule has 0 amide bonds. The second-order valence-corrected chi connectivity index (χ2v) is 4.74. The molecule has 108 valence electrons. The Labute approximate surface area is 122 Å². The third-order valence-electron chi connectivity index (χ3n) is 3.27. The molecule has 0 spiro atoms. The molecule has 21 heavy (non-hydrogen) atoms. The first-order valence-corrected chi connectivity index (χ1v) is 6.84. The van der Waals surface area contributed by atoms with E-state index in [9.17, 15) is 5.11 Å². The van der Waals surface area contributed by atoms with Crippen LogP contribution < -0.4 is 5.32 Å². The average Bonchev–Trinajstić information content (AvgIpc) is 3.21. The molecule has 0 saturated carbocycles. The molecule has 1 unspecified atom stereocenters. The van der Waals surface area contributed by atoms with Crippen LogP contribution in [0, 0.1) is 0 Å². The molecule has 3 aromatic rings. The summed E-state index contributed by atoms with van der Waals surface area (Å²) in [6.07, 6.45) is 4.59. The molecule has 2 aromatic heterocycles. The molecule has 0 aliphatic carbocycles. The van der Waals surface area contributed by atoms with Gasteiger partial charge in [-0.25, -0.2) is 4.68 Å². The lowest BCUT2D eigenvalue weighted by Crippen LogP contribution is -2.21. The molecule has 5 heteroatoms. The highest BCUT2D eigenvalue weighted by Crippen LogP contribution is 2.15. The van der Waals surface area contributed by atoms with Gasteiger partial charge in [-0.1, -0.05) is 18.2 Å². The van der Waals surface area contributed by atoms with Crippen molar-refractivity contribution in [3.05, 3.63) is 72.4 Å². The zero-order chi connectivity index (χ0) is 14.5. The van der Waals surface area contributed by atoms with E-state index in [0.717, 1.165) is 11.3 Å². The van der Waals surface area contributed by atoms with Gasteiger partial charge in [0.2, 0.25) is 0 Å². The molecule has 2 N–H and O–H groups in total. The Balaban J connectivity index is 1.63. The maximum atomic E-state index is 9.97. The molecule has 0 aliphatic rings. The second-order valence-electron chi connectivity index (χ2n) is 4.74. The molecule has 0 aliphatic heterocycles. The first kappa shape index (κ1) is 13.6. The van der Waals surface area contributed by atoms with E-state index in [4.69, 9.17) is 4.42 Å². The van der Waals surface area contributed by atoms with E-state index in [2.05, 4.69) is 10.4 Å². The van der Waals surface area contributed by atoms with Gasteiger partial charge in [0.15, 0.2) is 0 Å². The van der Waals surface area contributed by atoms with Gasteiger partial charge in [0.25, 0.3) is 0 Å². The minimum atomic E-state index is -0.642. The Bertz CT molecular complexity index is 663. The van der Waals surface area contributed by atoms with Gasteiger partial charge in [-0.2, -0.15) is 5.10 Å². The van der Waals surface area contributed by atoms with Crippen molar-refractivity contribution in [2.75, 3.05) is 6.54 Å². The lowest BCUT2D eigenvalue weighted by Gasteiger charge is -2.12. The number of nitrogens with zero attached hydrogens (tertiary/aromatic N) is 2. The third-order valence-corrected chi connectivity index (χ3v) is 3.27. The number of hydrogen-bond donors (Lipinski definition) is 2. The number of para-hydroxylation sites is 1. The van der Waals surface area contributed by atoms with E-state index in [1.807, 2.05) is 41.2 Å². The van der Waals surface area contributed by atoms with Crippen molar-refractivity contribution < 1.29 is 9.52 Å². The van der Waals surface area contributed by atoms with E-state index < -0.39 is 6.10 Å². The average molecular weight is 283 g/mol. The summed E-state index contributed by atoms with van der Waals surface area (Å²) in [4.78, 5) is 0. The van der Waals surface area contributed by atoms with E-state index in [1.165, 1.54) is 0 Å². The van der Waals surface area contributed by atoms with Crippen molar-refractivity contribution in [2.24, 2.45) is 0 Å². The van der Waals surface area contributed by atoms with Crippen LogP contribution in [0.15, 0.2) is 65.5 Å². The zero-order valence-corrected chi connectivity index (χ0v) is 11.5. The Morgan fingerprint density at radius 3 is 2.86 bits per heavy atom. The summed E-state index contributed by atoms with van der Waals surface area (Å²) in [6, 6.07) is 13.5. The zero-order valence-electron chi connectivity index (χ0n) is 11.5. The van der Waals surface area contributed by atoms with Gasteiger partial charge in [0, 0.05) is 25.5 Å². The molecule has 1 atom stereocenters. The molecule has 3 rings (SSSR count). The second kappa shape index (κ2) is 6.39. The van der Waals surface area contributed by atoms with Crippen molar-refractivity contribution in [1.29, 1.82) is 0 Å². The highest BCUT2D eigenvalue weighted by Gasteiger charge is 2.10. The van der Waals surface area contributed by atoms with Gasteiger partial charge in [0.1, 0.15) is 11.9 Å². The van der Waals surface area contributed by atoms with Crippen LogP contribution in [0.5, 0.6) is 0 Å². The van der Waals surface area contributed by atoms with Crippen molar-refractivity contribution >= 4 is 0 Å². The first-order chi connectivity index (χ1) is 10.3. The highest BCUT2D eigenvalue weighted by molar-refractivity contribution is 5.40. The van der Waals surface area contributed by atoms with Crippen LogP contribution in [-0.4, -0.2) is 21.4 Å². The van der Waals surface area contributed by atoms with Gasteiger partial charge < -0.3 is 14.8 Å². The van der Waals surface area contributed by atoms with Crippen LogP contribution in [0.1, 0.15) is 17.4 Å². The molecule has 5 nitrogen and oxygen atoms in total. The van der Waals surface area contributed by atoms with Crippen LogP contribution in [0.2, 0.25) is 0 Å². The monoisotopic (exact) mass is 283 g/mol. The Kier molecular flexibility index (Phi) is 4.14. The summed E-state index contributed by atoms with van der Waals surface area (Å²) in [5.74, 6) is 0.572. The standard InChI is InChI=1S/C16H17N3O2/c20-15(16-7-3-10-21-16)12-17-11-13-5-1-2-6-14(13)19-9-4-8-18-19/h1-10,15,17,20H,11-12H2. The fourth-order valence-electron chi connectivity index (χ4n) is 2.22. The van der Waals surface area contributed by atoms with Gasteiger partial charge in [0.05, 0.1) is 12.0 Å². The van der Waals surface area contributed by atoms with E-state index in [1.54, 1.807) is 24.6 Å². The fourth-order valence-corrected chi connectivity index (χ4v) is 2.22. The summed E-state index contributed by atoms with van der Waals surface area (Å²) in [5.41, 5.74) is 2.15. The highest BCUT2D eigenvalue weighted by atomic mass is 16.4. The molecular formula is C16H17N3O2. The molecular weight excluding hydrogens is 266 g/mol. The minimum absolute atomic E-state index is 0.432. The third kappa shape index (κ3) is 3.21. The summed E-state index contributed by atoms with van der Waals surface area (Å²) >= 11 is 0. The summed E-state index contributed by atoms with van der Waals surface area (Å²) in [7, 11) is 0. The smallest absolute Gasteiger partial charge is 0.133 e. The first-order valence-electron chi connectivity index (χ1n) is 6.84. The molecule has 0 saturated heterocycles. The molecule has 0 radical (unpaired) electrons. The largest absolute Gasteiger partial charge is 0.467 e. The quantitative estimate of drug-likeness (QED) is 0.728. The predicted molar refractivity (Wildman–Crippen MR) is 78.9 cm³/mol. The Morgan fingerprint density at radius 1 is 1.19 bits per heavy atom. The summed E-state index contributed by atoms with van der Waals surface area (Å²) in [5, 5.41) is 17.5. The molecule has 0 bridgehead atoms. The number of furan rings is 1. The molecule has 1 aromatic carbocycles. The van der Waals surface area contributed by atoms with Crippen LogP contribution in [-0.2, 0) is 6.54 Å². The fraction of sp³-hybridized carbons (Fsp3) is 0.188. The van der Waals surface area contributed by atoms with Crippen LogP contribution in [0.4, 0.5) is 0 Å². The maximum Gasteiger partial charge on any atom is 0.133 e. The van der Waals surface area contributed by atoms with Gasteiger partial charge >= 0.3 is 0 Å². The van der Waals surface area contributed by atoms with Gasteiger partial charge in [-0.15, -0.1) is 0 Å². The molecule has 0 fully saturated rings. The maximum absolute atomic E-state index is 9.97. The van der Waals surface area contributed by atoms with Crippen LogP contribution >= 0.6 is 0 Å². The van der Waals surface area contributed by atoms with Crippen LogP contribution in [0.25, 0.3) is 5.69 Å². The number of hydrogen-bond acceptors (Lipinski definition) is 4. The lowest BCUT2D eigenvalue weighted by atomic mass is 10.1. The van der Waals surface area contributed by atoms with Gasteiger partial charge in [-0.3, -0.25) is 0 Å². The summed E-state index contributed by atoms with van der Waals surface area (Å²) < 4.78 is 7.01. The van der Waals surface area contributed by atoms with Crippen molar-refractivity contribution in [3.63, 3.8) is 0 Å². The normalized spacial score (nSPS) is 12.4. The topological polar surface area (TPSA) is 63.2 Å². The Hall–Kier alpha value is -2.37.